The Labute approximate surface area is 248 Å². The molecular formula is C25H53N9O8. The minimum absolute atomic E-state index is 0.182. The lowest BCUT2D eigenvalue weighted by Gasteiger charge is -2.25. The van der Waals surface area contributed by atoms with E-state index in [1.54, 1.807) is 0 Å². The van der Waals surface area contributed by atoms with Gasteiger partial charge in [-0.2, -0.15) is 0 Å². The van der Waals surface area contributed by atoms with Crippen molar-refractivity contribution < 1.29 is 38.8 Å². The van der Waals surface area contributed by atoms with Gasteiger partial charge >= 0.3 is 0 Å². The van der Waals surface area contributed by atoms with E-state index in [9.17, 15) is 33.6 Å². The molecule has 17 nitrogen and oxygen atoms in total. The Balaban J connectivity index is -0.000000271. The van der Waals surface area contributed by atoms with Crippen LogP contribution in [-0.4, -0.2) is 96.7 Å². The molecule has 0 spiro atoms. The van der Waals surface area contributed by atoms with Crippen molar-refractivity contribution >= 4 is 47.8 Å². The number of amides is 7. The van der Waals surface area contributed by atoms with Crippen LogP contribution in [0.3, 0.4) is 0 Å². The molecule has 42 heavy (non-hydrogen) atoms. The van der Waals surface area contributed by atoms with Gasteiger partial charge in [0, 0.05) is 13.5 Å². The Bertz CT molecular complexity index is 805. The zero-order valence-electron chi connectivity index (χ0n) is 26.5. The predicted octanol–water partition coefficient (Wildman–Crippen LogP) is -1.51. The molecule has 0 heterocycles. The lowest BCUT2D eigenvalue weighted by Crippen LogP contribution is -2.54. The first-order chi connectivity index (χ1) is 19.8. The molecule has 0 saturated heterocycles. The van der Waals surface area contributed by atoms with Gasteiger partial charge in [0.2, 0.25) is 35.9 Å². The van der Waals surface area contributed by atoms with Gasteiger partial charge in [-0.1, -0.05) is 54.9 Å². The molecule has 0 bridgehead atoms. The molecule has 17 heteroatoms. The maximum absolute atomic E-state index is 12.2. The molecule has 0 fully saturated rings. The highest BCUT2D eigenvalue weighted by atomic mass is 16.5. The molecule has 0 aliphatic rings. The largest absolute Gasteiger partial charge is 0.370 e. The number of nitrogens with two attached hydrogens (primary N) is 2. The van der Waals surface area contributed by atoms with Crippen LogP contribution in [0.1, 0.15) is 75.2 Å². The van der Waals surface area contributed by atoms with E-state index < -0.39 is 61.1 Å². The third-order valence-electron chi connectivity index (χ3n) is 3.67. The van der Waals surface area contributed by atoms with E-state index in [1.807, 2.05) is 34.6 Å². The molecule has 0 aliphatic carbocycles. The number of rotatable bonds is 13. The third-order valence-corrected chi connectivity index (χ3v) is 3.67. The van der Waals surface area contributed by atoms with E-state index in [1.165, 1.54) is 18.8 Å². The van der Waals surface area contributed by atoms with E-state index in [2.05, 4.69) is 40.1 Å². The Hall–Kier alpha value is -4.28. The lowest BCUT2D eigenvalue weighted by molar-refractivity contribution is -0.150. The molecular weight excluding hydrogens is 554 g/mol. The van der Waals surface area contributed by atoms with Crippen LogP contribution in [0.15, 0.2) is 4.99 Å². The van der Waals surface area contributed by atoms with Crippen LogP contribution < -0.4 is 38.2 Å². The molecule has 0 aliphatic heterocycles. The van der Waals surface area contributed by atoms with Crippen LogP contribution in [0.25, 0.3) is 0 Å². The fourth-order valence-corrected chi connectivity index (χ4v) is 2.07. The Morgan fingerprint density at radius 2 is 1.29 bits per heavy atom. The number of hydroxylamine groups is 1. The summed E-state index contributed by atoms with van der Waals surface area (Å²) in [6.45, 7) is 15.3. The summed E-state index contributed by atoms with van der Waals surface area (Å²) in [4.78, 5) is 83.8. The first kappa shape index (κ1) is 47.5. The summed E-state index contributed by atoms with van der Waals surface area (Å²) in [5, 5.41) is 16.9. The summed E-state index contributed by atoms with van der Waals surface area (Å²) < 4.78 is 0. The van der Waals surface area contributed by atoms with E-state index in [0.717, 1.165) is 19.9 Å². The van der Waals surface area contributed by atoms with Crippen LogP contribution in [-0.2, 0) is 33.6 Å². The SMILES string of the molecule is CC.CC.CC(=O)N(C(=O)CNC(=O)CNC(=O)CNC=O)C(C)C(=O)NCC(=O)NO.CCC.CCCN=C(N)N. The summed E-state index contributed by atoms with van der Waals surface area (Å²) in [5.41, 5.74) is 11.3. The van der Waals surface area contributed by atoms with E-state index in [-0.39, 0.29) is 12.5 Å². The first-order valence-electron chi connectivity index (χ1n) is 13.6. The number of hydrogen-bond donors (Lipinski definition) is 8. The summed E-state index contributed by atoms with van der Waals surface area (Å²) in [6, 6.07) is -1.29. The van der Waals surface area contributed by atoms with Gasteiger partial charge in [-0.25, -0.2) is 5.48 Å². The zero-order chi connectivity index (χ0) is 34.1. The fourth-order valence-electron chi connectivity index (χ4n) is 2.07. The fraction of sp³-hybridized carbons (Fsp3) is 0.680. The molecule has 0 radical (unpaired) electrons. The molecule has 0 rings (SSSR count). The van der Waals surface area contributed by atoms with Gasteiger partial charge in [0.15, 0.2) is 5.96 Å². The minimum Gasteiger partial charge on any atom is -0.370 e. The van der Waals surface area contributed by atoms with Crippen LogP contribution in [0.4, 0.5) is 0 Å². The highest BCUT2D eigenvalue weighted by Crippen LogP contribution is 2.01. The number of imide groups is 1. The van der Waals surface area contributed by atoms with Crippen molar-refractivity contribution in [2.75, 3.05) is 32.7 Å². The Morgan fingerprint density at radius 1 is 0.833 bits per heavy atom. The van der Waals surface area contributed by atoms with Gasteiger partial charge in [-0.15, -0.1) is 0 Å². The second-order valence-electron chi connectivity index (χ2n) is 7.28. The van der Waals surface area contributed by atoms with Crippen LogP contribution >= 0.6 is 0 Å². The first-order valence-corrected chi connectivity index (χ1v) is 13.6. The van der Waals surface area contributed by atoms with E-state index in [0.29, 0.717) is 11.3 Å². The predicted molar refractivity (Wildman–Crippen MR) is 160 cm³/mol. The van der Waals surface area contributed by atoms with Crippen LogP contribution in [0.2, 0.25) is 0 Å². The highest BCUT2D eigenvalue weighted by Gasteiger charge is 2.29. The van der Waals surface area contributed by atoms with Gasteiger partial charge in [0.05, 0.1) is 26.2 Å². The molecule has 0 aromatic rings. The van der Waals surface area contributed by atoms with Crippen LogP contribution in [0.5, 0.6) is 0 Å². The Kier molecular flexibility index (Phi) is 39.3. The molecule has 246 valence electrons. The van der Waals surface area contributed by atoms with Gasteiger partial charge in [-0.3, -0.25) is 48.7 Å². The summed E-state index contributed by atoms with van der Waals surface area (Å²) in [7, 11) is 0. The number of hydrogen-bond acceptors (Lipinski definition) is 9. The van der Waals surface area contributed by atoms with Crippen molar-refractivity contribution in [2.45, 2.75) is 81.2 Å². The molecule has 0 aromatic heterocycles. The maximum atomic E-state index is 12.2. The van der Waals surface area contributed by atoms with Gasteiger partial charge < -0.3 is 32.7 Å². The van der Waals surface area contributed by atoms with Crippen molar-refractivity contribution in [1.82, 2.24) is 31.6 Å². The number of carbonyl (C=O) groups excluding carboxylic acids is 7. The van der Waals surface area contributed by atoms with Gasteiger partial charge in [0.25, 0.3) is 5.91 Å². The summed E-state index contributed by atoms with van der Waals surface area (Å²) >= 11 is 0. The summed E-state index contributed by atoms with van der Waals surface area (Å²) in [5.74, 6) is -4.61. The average Bonchev–Trinajstić information content (AvgIpc) is 2.97. The second-order valence-corrected chi connectivity index (χ2v) is 7.28. The third kappa shape index (κ3) is 31.9. The van der Waals surface area contributed by atoms with Crippen molar-refractivity contribution in [2.24, 2.45) is 16.5 Å². The van der Waals surface area contributed by atoms with Crippen molar-refractivity contribution in [3.8, 4) is 0 Å². The smallest absolute Gasteiger partial charge is 0.262 e. The van der Waals surface area contributed by atoms with E-state index in [4.69, 9.17) is 16.7 Å². The number of aliphatic imine (C=N–C) groups is 1. The lowest BCUT2D eigenvalue weighted by atomic mass is 10.2. The molecule has 10 N–H and O–H groups in total. The van der Waals surface area contributed by atoms with Crippen molar-refractivity contribution in [3.63, 3.8) is 0 Å². The summed E-state index contributed by atoms with van der Waals surface area (Å²) in [6.07, 6.45) is 2.56. The zero-order valence-corrected chi connectivity index (χ0v) is 26.5. The number of nitrogens with zero attached hydrogens (tertiary/aromatic N) is 2. The molecule has 7 amide bonds. The number of guanidine groups is 1. The standard InChI is InChI=1S/C14H22N6O8.C4H11N3.C3H8.2C2H6/c1-8(14(27)18-5-12(25)19-28)20(9(2)22)13(26)6-17-11(24)4-16-10(23)3-15-7-21;1-2-3-7-4(5)6;1-3-2;2*1-2/h7-8,28H,3-6H2,1-2H3,(H,15,21)(H,16,23)(H,17,24)(H,18,27)(H,19,25);2-3H2,1H3,(H4,5,6,7);3H2,1-2H3;2*1-2H3. The topological polar surface area (TPSA) is 268 Å². The molecule has 0 aromatic carbocycles. The normalized spacial score (nSPS) is 9.19. The van der Waals surface area contributed by atoms with Crippen LogP contribution in [0, 0.1) is 0 Å². The molecule has 1 unspecified atom stereocenters. The van der Waals surface area contributed by atoms with Crippen molar-refractivity contribution in [3.05, 3.63) is 0 Å². The second kappa shape index (κ2) is 34.7. The highest BCUT2D eigenvalue weighted by molar-refractivity contribution is 6.01. The van der Waals surface area contributed by atoms with Gasteiger partial charge in [0.1, 0.15) is 6.04 Å². The minimum atomic E-state index is -1.29. The van der Waals surface area contributed by atoms with Crippen molar-refractivity contribution in [1.29, 1.82) is 0 Å². The Morgan fingerprint density at radius 3 is 1.67 bits per heavy atom. The number of carbonyl (C=O) groups is 7. The number of nitrogens with one attached hydrogen (secondary N) is 5. The quantitative estimate of drug-likeness (QED) is 0.0394. The average molecular weight is 608 g/mol. The molecule has 1 atom stereocenters. The van der Waals surface area contributed by atoms with E-state index >= 15 is 0 Å². The molecule has 0 saturated carbocycles. The monoisotopic (exact) mass is 607 g/mol. The van der Waals surface area contributed by atoms with Gasteiger partial charge in [-0.05, 0) is 13.3 Å². The maximum Gasteiger partial charge on any atom is 0.262 e.